The number of esters is 1. The van der Waals surface area contributed by atoms with E-state index in [1.165, 1.54) is 12.1 Å². The minimum Gasteiger partial charge on any atom is -0.463 e. The summed E-state index contributed by atoms with van der Waals surface area (Å²) in [5, 5.41) is 2.65. The molecule has 1 aliphatic heterocycles. The third-order valence-electron chi connectivity index (χ3n) is 2.66. The summed E-state index contributed by atoms with van der Waals surface area (Å²) in [4.78, 5) is 36.3. The van der Waals surface area contributed by atoms with Gasteiger partial charge in [0.2, 0.25) is 0 Å². The van der Waals surface area contributed by atoms with Crippen molar-refractivity contribution in [3.63, 3.8) is 0 Å². The minimum atomic E-state index is -0.763. The van der Waals surface area contributed by atoms with Gasteiger partial charge in [0.25, 0.3) is 5.91 Å². The Morgan fingerprint density at radius 3 is 2.50 bits per heavy atom. The lowest BCUT2D eigenvalue weighted by atomic mass is 10.3. The number of carbonyl (C=O) groups excluding carboxylic acids is 3. The van der Waals surface area contributed by atoms with Crippen molar-refractivity contribution < 1.29 is 19.1 Å². The van der Waals surface area contributed by atoms with Crippen molar-refractivity contribution >= 4 is 58.4 Å². The van der Waals surface area contributed by atoms with Crippen LogP contribution in [0.4, 0.5) is 10.5 Å². The normalized spacial score (nSPS) is 16.2. The van der Waals surface area contributed by atoms with E-state index in [1.807, 2.05) is 0 Å². The zero-order valence-electron chi connectivity index (χ0n) is 11.2. The molecule has 1 aromatic carbocycles. The average molecular weight is 364 g/mol. The van der Waals surface area contributed by atoms with Gasteiger partial charge in [-0.1, -0.05) is 34.8 Å². The Labute approximate surface area is 140 Å². The van der Waals surface area contributed by atoms with Crippen LogP contribution in [0, 0.1) is 0 Å². The van der Waals surface area contributed by atoms with Gasteiger partial charge in [-0.3, -0.25) is 4.79 Å². The first-order valence-electron chi connectivity index (χ1n) is 6.03. The van der Waals surface area contributed by atoms with Crippen LogP contribution in [0.2, 0.25) is 15.1 Å². The van der Waals surface area contributed by atoms with E-state index >= 15 is 0 Å². The van der Waals surface area contributed by atoms with Crippen molar-refractivity contribution in [2.45, 2.75) is 6.92 Å². The monoisotopic (exact) mass is 362 g/mol. The third-order valence-corrected chi connectivity index (χ3v) is 3.68. The van der Waals surface area contributed by atoms with Gasteiger partial charge in [-0.2, -0.15) is 0 Å². The molecular formula is C13H9Cl3N2O4. The zero-order chi connectivity index (χ0) is 16.4. The Bertz CT molecular complexity index is 703. The van der Waals surface area contributed by atoms with Gasteiger partial charge >= 0.3 is 12.0 Å². The van der Waals surface area contributed by atoms with Gasteiger partial charge in [-0.25, -0.2) is 14.5 Å². The predicted octanol–water partition coefficient (Wildman–Crippen LogP) is 3.15. The average Bonchev–Trinajstić information content (AvgIpc) is 2.69. The molecule has 0 radical (unpaired) electrons. The maximum Gasteiger partial charge on any atom is 0.333 e. The lowest BCUT2D eigenvalue weighted by molar-refractivity contribution is -0.137. The highest BCUT2D eigenvalue weighted by atomic mass is 35.5. The number of anilines is 1. The molecule has 22 heavy (non-hydrogen) atoms. The van der Waals surface area contributed by atoms with Crippen molar-refractivity contribution in [1.29, 1.82) is 0 Å². The van der Waals surface area contributed by atoms with Gasteiger partial charge in [0.15, 0.2) is 0 Å². The summed E-state index contributed by atoms with van der Waals surface area (Å²) in [6, 6.07) is 1.84. The summed E-state index contributed by atoms with van der Waals surface area (Å²) in [7, 11) is 0. The van der Waals surface area contributed by atoms with E-state index in [0.29, 0.717) is 0 Å². The smallest absolute Gasteiger partial charge is 0.333 e. The van der Waals surface area contributed by atoms with Crippen molar-refractivity contribution in [2.24, 2.45) is 0 Å². The van der Waals surface area contributed by atoms with Crippen molar-refractivity contribution in [3.8, 4) is 0 Å². The van der Waals surface area contributed by atoms with Gasteiger partial charge in [0, 0.05) is 0 Å². The molecule has 0 aromatic heterocycles. The number of nitrogens with one attached hydrogen (secondary N) is 1. The van der Waals surface area contributed by atoms with Crippen LogP contribution in [0.3, 0.4) is 0 Å². The molecule has 1 fully saturated rings. The number of urea groups is 1. The van der Waals surface area contributed by atoms with E-state index in [0.717, 1.165) is 11.0 Å². The van der Waals surface area contributed by atoms with Gasteiger partial charge in [-0.15, -0.1) is 0 Å². The number of nitrogens with zero attached hydrogens (tertiary/aromatic N) is 1. The second-order valence-electron chi connectivity index (χ2n) is 4.10. The molecule has 0 saturated carbocycles. The first-order valence-corrected chi connectivity index (χ1v) is 7.17. The zero-order valence-corrected chi connectivity index (χ0v) is 13.4. The van der Waals surface area contributed by atoms with Gasteiger partial charge in [0.1, 0.15) is 5.70 Å². The van der Waals surface area contributed by atoms with Gasteiger partial charge < -0.3 is 10.1 Å². The number of hydrogen-bond donors (Lipinski definition) is 1. The molecule has 1 saturated heterocycles. The number of amides is 3. The number of carbonyl (C=O) groups is 3. The van der Waals surface area contributed by atoms with E-state index in [2.05, 4.69) is 10.1 Å². The van der Waals surface area contributed by atoms with Crippen LogP contribution in [-0.2, 0) is 14.3 Å². The van der Waals surface area contributed by atoms with E-state index < -0.39 is 17.9 Å². The number of rotatable bonds is 3. The molecule has 9 heteroatoms. The van der Waals surface area contributed by atoms with Crippen LogP contribution in [0.5, 0.6) is 0 Å². The van der Waals surface area contributed by atoms with E-state index in [9.17, 15) is 14.4 Å². The quantitative estimate of drug-likeness (QED) is 0.387. The molecule has 0 bridgehead atoms. The minimum absolute atomic E-state index is 0.0609. The Kier molecular flexibility index (Phi) is 4.95. The van der Waals surface area contributed by atoms with E-state index in [4.69, 9.17) is 34.8 Å². The number of imide groups is 1. The summed E-state index contributed by atoms with van der Waals surface area (Å²) in [6.45, 7) is 1.76. The Morgan fingerprint density at radius 2 is 1.86 bits per heavy atom. The highest BCUT2D eigenvalue weighted by Gasteiger charge is 2.37. The fourth-order valence-electron chi connectivity index (χ4n) is 1.74. The van der Waals surface area contributed by atoms with Crippen molar-refractivity contribution in [1.82, 2.24) is 5.32 Å². The van der Waals surface area contributed by atoms with E-state index in [1.54, 1.807) is 6.92 Å². The Morgan fingerprint density at radius 1 is 1.23 bits per heavy atom. The highest BCUT2D eigenvalue weighted by Crippen LogP contribution is 2.36. The maximum atomic E-state index is 12.2. The Hall–Kier alpha value is -1.76. The van der Waals surface area contributed by atoms with Crippen molar-refractivity contribution in [2.75, 3.05) is 11.5 Å². The molecule has 0 spiro atoms. The maximum absolute atomic E-state index is 12.2. The number of benzene rings is 1. The van der Waals surface area contributed by atoms with Crippen LogP contribution < -0.4 is 10.2 Å². The molecule has 116 valence electrons. The second kappa shape index (κ2) is 6.56. The van der Waals surface area contributed by atoms with E-state index in [-0.39, 0.29) is 33.1 Å². The number of ether oxygens (including phenoxy) is 1. The number of hydrogen-bond acceptors (Lipinski definition) is 4. The third kappa shape index (κ3) is 3.19. The topological polar surface area (TPSA) is 75.7 Å². The summed E-state index contributed by atoms with van der Waals surface area (Å²) in [6.07, 6.45) is 0.898. The van der Waals surface area contributed by atoms with Crippen molar-refractivity contribution in [3.05, 3.63) is 39.0 Å². The largest absolute Gasteiger partial charge is 0.463 e. The molecule has 1 N–H and O–H groups in total. The molecule has 2 rings (SSSR count). The molecule has 0 unspecified atom stereocenters. The fraction of sp³-hybridized carbons (Fsp3) is 0.154. The Balaban J connectivity index is 2.38. The van der Waals surface area contributed by atoms with Crippen LogP contribution in [0.25, 0.3) is 0 Å². The molecule has 3 amide bonds. The molecule has 1 aliphatic rings. The van der Waals surface area contributed by atoms with Crippen LogP contribution in [0.1, 0.15) is 6.92 Å². The van der Waals surface area contributed by atoms with Crippen LogP contribution >= 0.6 is 34.8 Å². The lowest BCUT2D eigenvalue weighted by Crippen LogP contribution is -2.30. The molecular weight excluding hydrogens is 355 g/mol. The number of halogens is 3. The van der Waals surface area contributed by atoms with Crippen LogP contribution in [-0.4, -0.2) is 24.5 Å². The molecule has 0 aliphatic carbocycles. The second-order valence-corrected chi connectivity index (χ2v) is 5.32. The molecule has 6 nitrogen and oxygen atoms in total. The standard InChI is InChI=1S/C13H9Cl3N2O4/c1-2-22-11(19)5-9-12(20)18(13(21)17-9)10-4-7(15)6(14)3-8(10)16/h3-5H,2H2,1H3,(H,17,21)/b9-5+. The summed E-state index contributed by atoms with van der Waals surface area (Å²) in [5.41, 5.74) is -0.156. The van der Waals surface area contributed by atoms with Crippen LogP contribution in [0.15, 0.2) is 23.9 Å². The molecule has 0 atom stereocenters. The fourth-order valence-corrected chi connectivity index (χ4v) is 2.36. The van der Waals surface area contributed by atoms with Gasteiger partial charge in [0.05, 0.1) is 33.4 Å². The SMILES string of the molecule is CCOC(=O)/C=C1/NC(=O)N(c2cc(Cl)c(Cl)cc2Cl)C1=O. The lowest BCUT2D eigenvalue weighted by Gasteiger charge is -2.14. The summed E-state index contributed by atoms with van der Waals surface area (Å²) < 4.78 is 4.68. The summed E-state index contributed by atoms with van der Waals surface area (Å²) >= 11 is 17.7. The predicted molar refractivity (Wildman–Crippen MR) is 82.2 cm³/mol. The molecule has 1 aromatic rings. The molecule has 1 heterocycles. The first kappa shape index (κ1) is 16.6. The highest BCUT2D eigenvalue weighted by molar-refractivity contribution is 6.45. The summed E-state index contributed by atoms with van der Waals surface area (Å²) in [5.74, 6) is -1.49. The van der Waals surface area contributed by atoms with Gasteiger partial charge in [-0.05, 0) is 19.1 Å². The first-order chi connectivity index (χ1) is 10.3.